The SMILES string of the molecule is Bc1cc(I)c(C)c([N+](=O)[O-])c1. The number of halogens is 1. The van der Waals surface area contributed by atoms with Crippen LogP contribution in [0, 0.1) is 20.6 Å². The van der Waals surface area contributed by atoms with Gasteiger partial charge in [-0.3, -0.25) is 10.1 Å². The number of hydrogen-bond donors (Lipinski definition) is 0. The molecule has 0 aromatic heterocycles. The largest absolute Gasteiger partial charge is 0.272 e. The molecule has 5 heteroatoms. The van der Waals surface area contributed by atoms with Crippen molar-refractivity contribution in [1.82, 2.24) is 0 Å². The first-order chi connectivity index (χ1) is 5.52. The third kappa shape index (κ3) is 1.77. The first kappa shape index (κ1) is 9.50. The van der Waals surface area contributed by atoms with E-state index >= 15 is 0 Å². The molecule has 0 unspecified atom stereocenters. The van der Waals surface area contributed by atoms with Gasteiger partial charge < -0.3 is 0 Å². The number of nitro benzene ring substituents is 1. The van der Waals surface area contributed by atoms with E-state index < -0.39 is 0 Å². The van der Waals surface area contributed by atoms with Gasteiger partial charge >= 0.3 is 0 Å². The third-order valence-electron chi connectivity index (χ3n) is 1.66. The van der Waals surface area contributed by atoms with Crippen LogP contribution in [0.15, 0.2) is 12.1 Å². The van der Waals surface area contributed by atoms with Gasteiger partial charge in [0.05, 0.1) is 4.92 Å². The lowest BCUT2D eigenvalue weighted by Gasteiger charge is -2.01. The molecule has 62 valence electrons. The molecule has 0 radical (unpaired) electrons. The molecule has 0 heterocycles. The van der Waals surface area contributed by atoms with Crippen molar-refractivity contribution in [3.63, 3.8) is 0 Å². The fourth-order valence-corrected chi connectivity index (χ4v) is 1.75. The molecule has 0 aliphatic rings. The monoisotopic (exact) mass is 275 g/mol. The predicted octanol–water partition coefficient (Wildman–Crippen LogP) is 0.766. The van der Waals surface area contributed by atoms with Crippen LogP contribution in [-0.4, -0.2) is 12.8 Å². The second-order valence-corrected chi connectivity index (χ2v) is 3.81. The molecule has 0 atom stereocenters. The first-order valence-corrected chi connectivity index (χ1v) is 4.51. The standard InChI is InChI=1S/C7H7BINO2/c1-4-6(9)2-5(8)3-7(4)10(11)12/h2-3H,8H2,1H3. The molecule has 1 aromatic rings. The summed E-state index contributed by atoms with van der Waals surface area (Å²) >= 11 is 2.10. The van der Waals surface area contributed by atoms with Gasteiger partial charge in [-0.2, -0.15) is 0 Å². The number of benzene rings is 1. The highest BCUT2D eigenvalue weighted by atomic mass is 127. The van der Waals surface area contributed by atoms with Crippen molar-refractivity contribution in [1.29, 1.82) is 0 Å². The lowest BCUT2D eigenvalue weighted by molar-refractivity contribution is -0.385. The predicted molar refractivity (Wildman–Crippen MR) is 58.7 cm³/mol. The molecule has 0 saturated carbocycles. The Morgan fingerprint density at radius 1 is 1.58 bits per heavy atom. The van der Waals surface area contributed by atoms with Gasteiger partial charge in [-0.15, -0.1) is 0 Å². The normalized spacial score (nSPS) is 9.83. The maximum absolute atomic E-state index is 10.5. The number of rotatable bonds is 1. The molecule has 1 rings (SSSR count). The van der Waals surface area contributed by atoms with Gasteiger partial charge in [0, 0.05) is 15.2 Å². The van der Waals surface area contributed by atoms with Crippen molar-refractivity contribution in [2.45, 2.75) is 6.92 Å². The molecule has 0 saturated heterocycles. The molecule has 0 N–H and O–H groups in total. The van der Waals surface area contributed by atoms with E-state index in [1.54, 1.807) is 13.0 Å². The Hall–Kier alpha value is -0.585. The van der Waals surface area contributed by atoms with Gasteiger partial charge in [0.15, 0.2) is 0 Å². The summed E-state index contributed by atoms with van der Waals surface area (Å²) in [6.45, 7) is 1.76. The molecule has 1 aromatic carbocycles. The molecular formula is C7H7BINO2. The zero-order chi connectivity index (χ0) is 9.30. The van der Waals surface area contributed by atoms with Crippen molar-refractivity contribution in [2.24, 2.45) is 0 Å². The molecule has 0 aliphatic heterocycles. The van der Waals surface area contributed by atoms with E-state index in [0.717, 1.165) is 14.6 Å². The molecule has 0 aliphatic carbocycles. The van der Waals surface area contributed by atoms with Crippen LogP contribution in [0.1, 0.15) is 5.56 Å². The highest BCUT2D eigenvalue weighted by molar-refractivity contribution is 14.1. The summed E-state index contributed by atoms with van der Waals surface area (Å²) in [7, 11) is 1.86. The number of nitro groups is 1. The van der Waals surface area contributed by atoms with Crippen LogP contribution in [0.3, 0.4) is 0 Å². The van der Waals surface area contributed by atoms with E-state index in [1.807, 2.05) is 13.9 Å². The van der Waals surface area contributed by atoms with Gasteiger partial charge in [-0.25, -0.2) is 0 Å². The maximum Gasteiger partial charge on any atom is 0.272 e. The van der Waals surface area contributed by atoms with Crippen molar-refractivity contribution >= 4 is 41.6 Å². The Morgan fingerprint density at radius 2 is 2.17 bits per heavy atom. The zero-order valence-corrected chi connectivity index (χ0v) is 8.95. The van der Waals surface area contributed by atoms with Crippen LogP contribution in [0.25, 0.3) is 0 Å². The lowest BCUT2D eigenvalue weighted by atomic mass is 9.94. The average molecular weight is 275 g/mol. The highest BCUT2D eigenvalue weighted by Crippen LogP contribution is 2.20. The van der Waals surface area contributed by atoms with Crippen LogP contribution < -0.4 is 5.46 Å². The summed E-state index contributed by atoms with van der Waals surface area (Å²) in [6, 6.07) is 3.53. The molecular weight excluding hydrogens is 268 g/mol. The van der Waals surface area contributed by atoms with Crippen molar-refractivity contribution < 1.29 is 4.92 Å². The minimum Gasteiger partial charge on any atom is -0.258 e. The van der Waals surface area contributed by atoms with Crippen LogP contribution >= 0.6 is 22.6 Å². The summed E-state index contributed by atoms with van der Waals surface area (Å²) in [6.07, 6.45) is 0. The van der Waals surface area contributed by atoms with E-state index in [-0.39, 0.29) is 10.6 Å². The summed E-state index contributed by atoms with van der Waals surface area (Å²) in [5, 5.41) is 10.5. The summed E-state index contributed by atoms with van der Waals surface area (Å²) < 4.78 is 0.944. The zero-order valence-electron chi connectivity index (χ0n) is 6.80. The Kier molecular flexibility index (Phi) is 2.71. The lowest BCUT2D eigenvalue weighted by Crippen LogP contribution is -2.06. The third-order valence-corrected chi connectivity index (χ3v) is 2.78. The second kappa shape index (κ2) is 3.43. The van der Waals surface area contributed by atoms with E-state index in [4.69, 9.17) is 0 Å². The van der Waals surface area contributed by atoms with Crippen LogP contribution in [-0.2, 0) is 0 Å². The Morgan fingerprint density at radius 3 is 2.67 bits per heavy atom. The summed E-state index contributed by atoms with van der Waals surface area (Å²) in [5.41, 5.74) is 1.88. The smallest absolute Gasteiger partial charge is 0.258 e. The van der Waals surface area contributed by atoms with Crippen molar-refractivity contribution in [3.05, 3.63) is 31.4 Å². The topological polar surface area (TPSA) is 43.1 Å². The fraction of sp³-hybridized carbons (Fsp3) is 0.143. The molecule has 0 bridgehead atoms. The number of hydrogen-bond acceptors (Lipinski definition) is 2. The Bertz CT molecular complexity index is 340. The highest BCUT2D eigenvalue weighted by Gasteiger charge is 2.12. The van der Waals surface area contributed by atoms with E-state index in [2.05, 4.69) is 22.6 Å². The summed E-state index contributed by atoms with van der Waals surface area (Å²) in [4.78, 5) is 10.2. The molecule has 0 spiro atoms. The molecule has 3 nitrogen and oxygen atoms in total. The van der Waals surface area contributed by atoms with Crippen molar-refractivity contribution in [3.8, 4) is 0 Å². The van der Waals surface area contributed by atoms with E-state index in [0.29, 0.717) is 0 Å². The van der Waals surface area contributed by atoms with Gasteiger partial charge in [0.25, 0.3) is 5.69 Å². The molecule has 0 amide bonds. The van der Waals surface area contributed by atoms with Crippen LogP contribution in [0.5, 0.6) is 0 Å². The number of nitrogens with zero attached hydrogens (tertiary/aromatic N) is 1. The summed E-state index contributed by atoms with van der Waals surface area (Å²) in [5.74, 6) is 0. The van der Waals surface area contributed by atoms with Gasteiger partial charge in [-0.05, 0) is 29.5 Å². The fourth-order valence-electron chi connectivity index (χ4n) is 0.986. The quantitative estimate of drug-likeness (QED) is 0.329. The van der Waals surface area contributed by atoms with Gasteiger partial charge in [-0.1, -0.05) is 11.5 Å². The average Bonchev–Trinajstić information content (AvgIpc) is 1.96. The minimum atomic E-state index is -0.343. The van der Waals surface area contributed by atoms with Crippen molar-refractivity contribution in [2.75, 3.05) is 0 Å². The van der Waals surface area contributed by atoms with Crippen LogP contribution in [0.2, 0.25) is 0 Å². The van der Waals surface area contributed by atoms with Gasteiger partial charge in [0.1, 0.15) is 7.85 Å². The molecule has 12 heavy (non-hydrogen) atoms. The second-order valence-electron chi connectivity index (χ2n) is 2.65. The van der Waals surface area contributed by atoms with Crippen LogP contribution in [0.4, 0.5) is 5.69 Å². The maximum atomic E-state index is 10.5. The van der Waals surface area contributed by atoms with Gasteiger partial charge in [0.2, 0.25) is 0 Å². The van der Waals surface area contributed by atoms with E-state index in [1.165, 1.54) is 0 Å². The Balaban J connectivity index is 3.37. The first-order valence-electron chi connectivity index (χ1n) is 3.43. The minimum absolute atomic E-state index is 0.208. The molecule has 0 fully saturated rings. The Labute approximate surface area is 84.9 Å². The van der Waals surface area contributed by atoms with E-state index in [9.17, 15) is 10.1 Å².